The minimum absolute atomic E-state index is 0.0923. The molecule has 1 saturated carbocycles. The van der Waals surface area contributed by atoms with Gasteiger partial charge in [-0.25, -0.2) is 4.39 Å². The first-order valence-electron chi connectivity index (χ1n) is 8.75. The lowest BCUT2D eigenvalue weighted by molar-refractivity contribution is 0.0632. The molecule has 1 aliphatic rings. The topological polar surface area (TPSA) is 27.3 Å². The molecule has 0 aromatic heterocycles. The van der Waals surface area contributed by atoms with Crippen LogP contribution in [0.25, 0.3) is 0 Å². The van der Waals surface area contributed by atoms with Gasteiger partial charge in [-0.2, -0.15) is 0 Å². The lowest BCUT2D eigenvalue weighted by Gasteiger charge is -2.46. The monoisotopic (exact) mass is 371 g/mol. The SMILES string of the molecule is CCN(CC)C1(CNC(=S)Nc2ccc(F)c(Cl)c2)CCCCC1. The lowest BCUT2D eigenvalue weighted by Crippen LogP contribution is -2.57. The lowest BCUT2D eigenvalue weighted by atomic mass is 9.80. The highest BCUT2D eigenvalue weighted by molar-refractivity contribution is 7.80. The van der Waals surface area contributed by atoms with E-state index < -0.39 is 5.82 Å². The van der Waals surface area contributed by atoms with Gasteiger partial charge in [0.15, 0.2) is 5.11 Å². The molecule has 6 heteroatoms. The first-order valence-corrected chi connectivity index (χ1v) is 9.54. The molecule has 1 aliphatic carbocycles. The van der Waals surface area contributed by atoms with Crippen molar-refractivity contribution in [3.63, 3.8) is 0 Å². The molecule has 3 nitrogen and oxygen atoms in total. The second-order valence-electron chi connectivity index (χ2n) is 6.39. The van der Waals surface area contributed by atoms with Crippen molar-refractivity contribution in [2.45, 2.75) is 51.5 Å². The molecule has 0 heterocycles. The van der Waals surface area contributed by atoms with Crippen LogP contribution < -0.4 is 10.6 Å². The highest BCUT2D eigenvalue weighted by Crippen LogP contribution is 2.33. The van der Waals surface area contributed by atoms with Crippen molar-refractivity contribution in [1.82, 2.24) is 10.2 Å². The molecule has 1 aromatic rings. The molecule has 24 heavy (non-hydrogen) atoms. The van der Waals surface area contributed by atoms with Crippen LogP contribution in [-0.2, 0) is 0 Å². The van der Waals surface area contributed by atoms with Gasteiger partial charge in [0.1, 0.15) is 5.82 Å². The Bertz CT molecular complexity index is 557. The van der Waals surface area contributed by atoms with Gasteiger partial charge in [0.05, 0.1) is 5.02 Å². The van der Waals surface area contributed by atoms with Gasteiger partial charge in [-0.15, -0.1) is 0 Å². The second kappa shape index (κ2) is 8.97. The molecule has 0 saturated heterocycles. The van der Waals surface area contributed by atoms with Crippen molar-refractivity contribution in [1.29, 1.82) is 0 Å². The number of nitrogens with one attached hydrogen (secondary N) is 2. The Hall–Kier alpha value is -0.910. The number of hydrogen-bond donors (Lipinski definition) is 2. The smallest absolute Gasteiger partial charge is 0.170 e. The number of benzene rings is 1. The predicted molar refractivity (Wildman–Crippen MR) is 104 cm³/mol. The van der Waals surface area contributed by atoms with E-state index in [9.17, 15) is 4.39 Å². The van der Waals surface area contributed by atoms with Crippen LogP contribution in [0.3, 0.4) is 0 Å². The molecule has 0 radical (unpaired) electrons. The number of halogens is 2. The molecule has 1 aromatic carbocycles. The summed E-state index contributed by atoms with van der Waals surface area (Å²) in [6.07, 6.45) is 6.26. The summed E-state index contributed by atoms with van der Waals surface area (Å²) in [6.45, 7) is 7.36. The molecule has 0 bridgehead atoms. The summed E-state index contributed by atoms with van der Waals surface area (Å²) in [5.41, 5.74) is 0.868. The summed E-state index contributed by atoms with van der Waals surface area (Å²) in [6, 6.07) is 4.52. The van der Waals surface area contributed by atoms with Crippen molar-refractivity contribution < 1.29 is 4.39 Å². The number of hydrogen-bond acceptors (Lipinski definition) is 2. The number of nitrogens with zero attached hydrogens (tertiary/aromatic N) is 1. The molecule has 2 rings (SSSR count). The Balaban J connectivity index is 1.97. The average Bonchev–Trinajstić information content (AvgIpc) is 2.58. The van der Waals surface area contributed by atoms with E-state index in [4.69, 9.17) is 23.8 Å². The minimum atomic E-state index is -0.427. The standard InChI is InChI=1S/C18H27ClFN3S/c1-3-23(4-2)18(10-6-5-7-11-18)13-21-17(24)22-14-8-9-16(20)15(19)12-14/h8-9,12H,3-7,10-11,13H2,1-2H3,(H2,21,22,24). The highest BCUT2D eigenvalue weighted by Gasteiger charge is 2.36. The van der Waals surface area contributed by atoms with Crippen LogP contribution in [0, 0.1) is 5.82 Å². The molecular formula is C18H27ClFN3S. The first kappa shape index (κ1) is 19.4. The number of anilines is 1. The second-order valence-corrected chi connectivity index (χ2v) is 7.21. The van der Waals surface area contributed by atoms with Gasteiger partial charge < -0.3 is 10.6 Å². The normalized spacial score (nSPS) is 16.9. The van der Waals surface area contributed by atoms with Gasteiger partial charge in [-0.1, -0.05) is 44.7 Å². The average molecular weight is 372 g/mol. The van der Waals surface area contributed by atoms with Gasteiger partial charge in [-0.3, -0.25) is 4.90 Å². The molecule has 2 N–H and O–H groups in total. The fourth-order valence-corrected chi connectivity index (χ4v) is 4.07. The molecule has 0 unspecified atom stereocenters. The molecule has 0 aliphatic heterocycles. The Morgan fingerprint density at radius 3 is 2.50 bits per heavy atom. The third-order valence-electron chi connectivity index (χ3n) is 4.97. The number of thiocarbonyl (C=S) groups is 1. The third kappa shape index (κ3) is 4.80. The summed E-state index contributed by atoms with van der Waals surface area (Å²) in [7, 11) is 0. The van der Waals surface area contributed by atoms with E-state index in [2.05, 4.69) is 29.4 Å². The molecule has 134 valence electrons. The van der Waals surface area contributed by atoms with Gasteiger partial charge >= 0.3 is 0 Å². The zero-order valence-corrected chi connectivity index (χ0v) is 16.1. The van der Waals surface area contributed by atoms with Crippen LogP contribution in [0.5, 0.6) is 0 Å². The fraction of sp³-hybridized carbons (Fsp3) is 0.611. The van der Waals surface area contributed by atoms with Crippen molar-refractivity contribution in [2.24, 2.45) is 0 Å². The number of rotatable bonds is 6. The zero-order chi connectivity index (χ0) is 17.6. The minimum Gasteiger partial charge on any atom is -0.361 e. The third-order valence-corrected chi connectivity index (χ3v) is 5.51. The van der Waals surface area contributed by atoms with E-state index in [1.165, 1.54) is 38.2 Å². The maximum atomic E-state index is 13.2. The summed E-state index contributed by atoms with van der Waals surface area (Å²) >= 11 is 11.2. The van der Waals surface area contributed by atoms with Crippen molar-refractivity contribution in [3.05, 3.63) is 29.0 Å². The molecule has 0 spiro atoms. The van der Waals surface area contributed by atoms with Gasteiger partial charge in [0.2, 0.25) is 0 Å². The molecule has 0 atom stereocenters. The van der Waals surface area contributed by atoms with E-state index in [1.807, 2.05) is 0 Å². The van der Waals surface area contributed by atoms with Crippen LogP contribution in [0.15, 0.2) is 18.2 Å². The summed E-state index contributed by atoms with van der Waals surface area (Å²) in [5, 5.41) is 7.10. The van der Waals surface area contributed by atoms with Gasteiger partial charge in [0.25, 0.3) is 0 Å². The maximum absolute atomic E-state index is 13.2. The van der Waals surface area contributed by atoms with Crippen LogP contribution in [0.1, 0.15) is 46.0 Å². The largest absolute Gasteiger partial charge is 0.361 e. The van der Waals surface area contributed by atoms with Crippen molar-refractivity contribution in [2.75, 3.05) is 25.0 Å². The van der Waals surface area contributed by atoms with Crippen LogP contribution in [0.2, 0.25) is 5.02 Å². The quantitative estimate of drug-likeness (QED) is 0.701. The first-order chi connectivity index (χ1) is 11.5. The molecular weight excluding hydrogens is 345 g/mol. The van der Waals surface area contributed by atoms with E-state index in [-0.39, 0.29) is 10.6 Å². The van der Waals surface area contributed by atoms with Crippen molar-refractivity contribution >= 4 is 34.6 Å². The van der Waals surface area contributed by atoms with Crippen LogP contribution in [0.4, 0.5) is 10.1 Å². The summed E-state index contributed by atoms with van der Waals surface area (Å²) < 4.78 is 13.2. The van der Waals surface area contributed by atoms with Crippen LogP contribution in [-0.4, -0.2) is 35.2 Å². The summed E-state index contributed by atoms with van der Waals surface area (Å²) in [5.74, 6) is -0.427. The number of likely N-dealkylation sites (N-methyl/N-ethyl adjacent to an activating group) is 1. The molecule has 1 fully saturated rings. The van der Waals surface area contributed by atoms with Crippen LogP contribution >= 0.6 is 23.8 Å². The Morgan fingerprint density at radius 1 is 1.25 bits per heavy atom. The molecule has 0 amide bonds. The Morgan fingerprint density at radius 2 is 1.92 bits per heavy atom. The van der Waals surface area contributed by atoms with E-state index in [0.717, 1.165) is 19.6 Å². The highest BCUT2D eigenvalue weighted by atomic mass is 35.5. The van der Waals surface area contributed by atoms with E-state index in [0.29, 0.717) is 10.8 Å². The Labute approximate surface area is 154 Å². The summed E-state index contributed by atoms with van der Waals surface area (Å²) in [4.78, 5) is 2.55. The van der Waals surface area contributed by atoms with E-state index in [1.54, 1.807) is 12.1 Å². The van der Waals surface area contributed by atoms with E-state index >= 15 is 0 Å². The van der Waals surface area contributed by atoms with Gasteiger partial charge in [0, 0.05) is 17.8 Å². The predicted octanol–water partition coefficient (Wildman–Crippen LogP) is 4.81. The maximum Gasteiger partial charge on any atom is 0.170 e. The Kier molecular flexibility index (Phi) is 7.26. The van der Waals surface area contributed by atoms with Gasteiger partial charge in [-0.05, 0) is 56.3 Å². The zero-order valence-electron chi connectivity index (χ0n) is 14.5. The fourth-order valence-electron chi connectivity index (χ4n) is 3.70. The van der Waals surface area contributed by atoms with Crippen molar-refractivity contribution in [3.8, 4) is 0 Å².